The minimum atomic E-state index is 0.206. The van der Waals surface area contributed by atoms with Crippen LogP contribution in [0.3, 0.4) is 0 Å². The molecule has 22 heavy (non-hydrogen) atoms. The Morgan fingerprint density at radius 3 is 3.00 bits per heavy atom. The van der Waals surface area contributed by atoms with Gasteiger partial charge in [-0.15, -0.1) is 0 Å². The second kappa shape index (κ2) is 7.33. The number of aliphatic hydroxyl groups excluding tert-OH is 1. The molecule has 2 aromatic heterocycles. The molecular weight excluding hydrogens is 278 g/mol. The molecule has 1 aliphatic heterocycles. The molecule has 0 radical (unpaired) electrons. The van der Waals surface area contributed by atoms with Gasteiger partial charge in [-0.1, -0.05) is 0 Å². The number of nitrogens with one attached hydrogen (secondary N) is 1. The van der Waals surface area contributed by atoms with Crippen LogP contribution in [0.25, 0.3) is 11.3 Å². The van der Waals surface area contributed by atoms with E-state index in [0.29, 0.717) is 12.6 Å². The number of aromatic nitrogens is 2. The van der Waals surface area contributed by atoms with E-state index < -0.39 is 0 Å². The Bertz CT molecular complexity index is 614. The van der Waals surface area contributed by atoms with Gasteiger partial charge in [0.1, 0.15) is 12.4 Å². The van der Waals surface area contributed by atoms with E-state index in [9.17, 15) is 0 Å². The van der Waals surface area contributed by atoms with Crippen molar-refractivity contribution in [3.8, 4) is 17.0 Å². The maximum Gasteiger partial charge on any atom is 0.138 e. The van der Waals surface area contributed by atoms with Gasteiger partial charge in [0.15, 0.2) is 0 Å². The number of aliphatic hydroxyl groups is 1. The van der Waals surface area contributed by atoms with Gasteiger partial charge in [0.25, 0.3) is 0 Å². The van der Waals surface area contributed by atoms with E-state index >= 15 is 0 Å². The van der Waals surface area contributed by atoms with Gasteiger partial charge in [0, 0.05) is 30.6 Å². The van der Waals surface area contributed by atoms with Gasteiger partial charge in [0.05, 0.1) is 11.9 Å². The third-order valence-electron chi connectivity index (χ3n) is 3.83. The first-order chi connectivity index (χ1) is 10.8. The largest absolute Gasteiger partial charge is 0.490 e. The highest BCUT2D eigenvalue weighted by atomic mass is 16.5. The van der Waals surface area contributed by atoms with Crippen LogP contribution in [0.2, 0.25) is 0 Å². The molecule has 3 rings (SSSR count). The summed E-state index contributed by atoms with van der Waals surface area (Å²) in [5.41, 5.74) is 3.00. The lowest BCUT2D eigenvalue weighted by molar-refractivity contribution is 0.217. The van der Waals surface area contributed by atoms with Crippen LogP contribution in [0.4, 0.5) is 0 Å². The van der Waals surface area contributed by atoms with Gasteiger partial charge in [-0.25, -0.2) is 0 Å². The Morgan fingerprint density at radius 2 is 2.23 bits per heavy atom. The van der Waals surface area contributed by atoms with Crippen LogP contribution < -0.4 is 10.1 Å². The molecule has 0 bridgehead atoms. The summed E-state index contributed by atoms with van der Waals surface area (Å²) in [5.74, 6) is 0.772. The van der Waals surface area contributed by atoms with Gasteiger partial charge in [-0.2, -0.15) is 0 Å². The van der Waals surface area contributed by atoms with E-state index in [0.717, 1.165) is 36.4 Å². The van der Waals surface area contributed by atoms with Crippen LogP contribution >= 0.6 is 0 Å². The van der Waals surface area contributed by atoms with Crippen LogP contribution in [-0.2, 0) is 6.42 Å². The van der Waals surface area contributed by atoms with Crippen LogP contribution in [0.1, 0.15) is 18.4 Å². The van der Waals surface area contributed by atoms with Crippen LogP contribution in [0, 0.1) is 0 Å². The molecule has 1 aliphatic rings. The molecule has 2 aromatic rings. The minimum Gasteiger partial charge on any atom is -0.490 e. The predicted molar refractivity (Wildman–Crippen MR) is 84.8 cm³/mol. The Kier molecular flexibility index (Phi) is 4.98. The average molecular weight is 299 g/mol. The topological polar surface area (TPSA) is 67.3 Å². The number of rotatable bonds is 7. The van der Waals surface area contributed by atoms with Crippen molar-refractivity contribution in [1.82, 2.24) is 15.3 Å². The van der Waals surface area contributed by atoms with Crippen molar-refractivity contribution in [3.05, 3.63) is 42.4 Å². The average Bonchev–Trinajstić information content (AvgIpc) is 2.52. The third kappa shape index (κ3) is 3.81. The van der Waals surface area contributed by atoms with E-state index in [1.807, 2.05) is 18.2 Å². The Balaban J connectivity index is 1.70. The van der Waals surface area contributed by atoms with Crippen molar-refractivity contribution >= 4 is 0 Å². The van der Waals surface area contributed by atoms with Gasteiger partial charge < -0.3 is 15.2 Å². The number of pyridine rings is 2. The zero-order chi connectivity index (χ0) is 15.2. The maximum absolute atomic E-state index is 8.93. The highest BCUT2D eigenvalue weighted by molar-refractivity contribution is 5.60. The number of hydrogen-bond donors (Lipinski definition) is 2. The molecule has 0 spiro atoms. The van der Waals surface area contributed by atoms with E-state index in [1.165, 1.54) is 12.0 Å². The van der Waals surface area contributed by atoms with E-state index in [2.05, 4.69) is 15.3 Å². The monoisotopic (exact) mass is 299 g/mol. The van der Waals surface area contributed by atoms with Crippen molar-refractivity contribution in [2.24, 2.45) is 0 Å². The normalized spacial score (nSPS) is 17.0. The maximum atomic E-state index is 8.93. The van der Waals surface area contributed by atoms with Crippen molar-refractivity contribution in [2.75, 3.05) is 19.8 Å². The second-order valence-corrected chi connectivity index (χ2v) is 5.54. The fourth-order valence-electron chi connectivity index (χ4n) is 2.40. The molecule has 0 aliphatic carbocycles. The summed E-state index contributed by atoms with van der Waals surface area (Å²) in [5, 5.41) is 12.2. The fraction of sp³-hybridized carbons (Fsp3) is 0.412. The van der Waals surface area contributed by atoms with Crippen LogP contribution in [-0.4, -0.2) is 40.9 Å². The molecule has 116 valence electrons. The number of aryl methyl sites for hydroxylation is 1. The molecule has 3 heterocycles. The van der Waals surface area contributed by atoms with Crippen molar-refractivity contribution in [1.29, 1.82) is 0 Å². The Morgan fingerprint density at radius 1 is 1.32 bits per heavy atom. The first-order valence-electron chi connectivity index (χ1n) is 7.72. The highest BCUT2D eigenvalue weighted by Gasteiger charge is 2.16. The first kappa shape index (κ1) is 14.9. The smallest absolute Gasteiger partial charge is 0.138 e. The molecule has 5 nitrogen and oxygen atoms in total. The van der Waals surface area contributed by atoms with Crippen molar-refractivity contribution < 1.29 is 9.84 Å². The quantitative estimate of drug-likeness (QED) is 0.816. The predicted octanol–water partition coefficient (Wildman–Crippen LogP) is 1.81. The molecule has 2 N–H and O–H groups in total. The summed E-state index contributed by atoms with van der Waals surface area (Å²) in [4.78, 5) is 8.66. The minimum absolute atomic E-state index is 0.206. The molecular formula is C17H21N3O2. The molecule has 5 heteroatoms. The lowest BCUT2D eigenvalue weighted by Gasteiger charge is -2.27. The first-order valence-corrected chi connectivity index (χ1v) is 7.72. The summed E-state index contributed by atoms with van der Waals surface area (Å²) < 4.78 is 5.78. The zero-order valence-electron chi connectivity index (χ0n) is 12.5. The van der Waals surface area contributed by atoms with Crippen LogP contribution in [0.15, 0.2) is 36.8 Å². The fourth-order valence-corrected chi connectivity index (χ4v) is 2.40. The number of nitrogens with zero attached hydrogens (tertiary/aromatic N) is 2. The standard InChI is InChI=1S/C17H21N3O2/c21-7-1-2-13-3-5-20-17(8-13)14-9-16(11-18-10-14)22-12-15-4-6-19-15/h3,5,8-11,15,19,21H,1-2,4,6-7,12H2. The third-order valence-corrected chi connectivity index (χ3v) is 3.83. The van der Waals surface area contributed by atoms with Gasteiger partial charge >= 0.3 is 0 Å². The summed E-state index contributed by atoms with van der Waals surface area (Å²) in [7, 11) is 0. The van der Waals surface area contributed by atoms with E-state index in [-0.39, 0.29) is 6.61 Å². The molecule has 1 unspecified atom stereocenters. The second-order valence-electron chi connectivity index (χ2n) is 5.54. The highest BCUT2D eigenvalue weighted by Crippen LogP contribution is 2.22. The summed E-state index contributed by atoms with van der Waals surface area (Å²) >= 11 is 0. The van der Waals surface area contributed by atoms with Gasteiger partial charge in [0.2, 0.25) is 0 Å². The van der Waals surface area contributed by atoms with Gasteiger partial charge in [-0.05, 0) is 49.6 Å². The number of hydrogen-bond acceptors (Lipinski definition) is 5. The molecule has 0 saturated carbocycles. The Labute approximate surface area is 130 Å². The molecule has 0 aromatic carbocycles. The van der Waals surface area contributed by atoms with E-state index in [4.69, 9.17) is 9.84 Å². The number of ether oxygens (including phenoxy) is 1. The SMILES string of the molecule is OCCCc1ccnc(-c2cncc(OCC3CCN3)c2)c1. The van der Waals surface area contributed by atoms with E-state index in [1.54, 1.807) is 18.6 Å². The molecule has 1 saturated heterocycles. The lowest BCUT2D eigenvalue weighted by atomic mass is 10.1. The molecule has 1 atom stereocenters. The molecule has 1 fully saturated rings. The zero-order valence-corrected chi connectivity index (χ0v) is 12.5. The Hall–Kier alpha value is -1.98. The van der Waals surface area contributed by atoms with Gasteiger partial charge in [-0.3, -0.25) is 9.97 Å². The summed E-state index contributed by atoms with van der Waals surface area (Å²) in [6.07, 6.45) is 8.11. The summed E-state index contributed by atoms with van der Waals surface area (Å²) in [6, 6.07) is 6.46. The van der Waals surface area contributed by atoms with Crippen molar-refractivity contribution in [3.63, 3.8) is 0 Å². The lowest BCUT2D eigenvalue weighted by Crippen LogP contribution is -2.46. The summed E-state index contributed by atoms with van der Waals surface area (Å²) in [6.45, 7) is 1.96. The van der Waals surface area contributed by atoms with Crippen molar-refractivity contribution in [2.45, 2.75) is 25.3 Å². The van der Waals surface area contributed by atoms with Crippen LogP contribution in [0.5, 0.6) is 5.75 Å². The molecule has 0 amide bonds.